The van der Waals surface area contributed by atoms with Gasteiger partial charge in [-0.05, 0) is 12.1 Å². The van der Waals surface area contributed by atoms with Crippen molar-refractivity contribution in [2.24, 2.45) is 0 Å². The number of nitrogens with zero attached hydrogens (tertiary/aromatic N) is 4. The van der Waals surface area contributed by atoms with Gasteiger partial charge in [0.25, 0.3) is 0 Å². The van der Waals surface area contributed by atoms with Gasteiger partial charge in [0, 0.05) is 5.69 Å². The second-order valence-electron chi connectivity index (χ2n) is 7.68. The number of nitrogen functional groups attached to an aromatic ring is 1. The number of fused-ring (bicyclic) bond motifs is 1. The first kappa shape index (κ1) is 28.7. The molecular formula is C16H21N6O13P3. The summed E-state index contributed by atoms with van der Waals surface area (Å²) in [6, 6.07) is 8.87. The highest BCUT2D eigenvalue weighted by Gasteiger charge is 2.47. The highest BCUT2D eigenvalue weighted by atomic mass is 31.3. The van der Waals surface area contributed by atoms with Crippen LogP contribution in [0.1, 0.15) is 6.23 Å². The third kappa shape index (κ3) is 6.80. The molecule has 2 unspecified atom stereocenters. The lowest BCUT2D eigenvalue weighted by Crippen LogP contribution is -2.33. The molecule has 0 amide bonds. The number of aliphatic hydroxyl groups is 2. The summed E-state index contributed by atoms with van der Waals surface area (Å²) in [4.78, 5) is 48.5. The quantitative estimate of drug-likeness (QED) is 0.144. The first-order chi connectivity index (χ1) is 17.6. The number of ether oxygens (including phenoxy) is 1. The van der Waals surface area contributed by atoms with E-state index in [0.717, 1.165) is 0 Å². The van der Waals surface area contributed by atoms with Crippen molar-refractivity contribution >= 4 is 52.1 Å². The van der Waals surface area contributed by atoms with Crippen LogP contribution in [0.25, 0.3) is 11.2 Å². The molecule has 1 fully saturated rings. The number of nitrogens with two attached hydrogens (primary N) is 1. The molecule has 0 bridgehead atoms. The van der Waals surface area contributed by atoms with Crippen LogP contribution in [0.15, 0.2) is 36.7 Å². The Kier molecular flexibility index (Phi) is 8.05. The lowest BCUT2D eigenvalue weighted by molar-refractivity contribution is -0.0503. The number of aliphatic hydroxyl groups excluding tert-OH is 2. The van der Waals surface area contributed by atoms with Crippen LogP contribution < -0.4 is 11.1 Å². The van der Waals surface area contributed by atoms with E-state index in [-0.39, 0.29) is 22.9 Å². The number of anilines is 3. The minimum absolute atomic E-state index is 0.00979. The summed E-state index contributed by atoms with van der Waals surface area (Å²) in [5, 5.41) is 23.9. The first-order valence-corrected chi connectivity index (χ1v) is 14.8. The van der Waals surface area contributed by atoms with Crippen LogP contribution in [0.2, 0.25) is 0 Å². The summed E-state index contributed by atoms with van der Waals surface area (Å²) in [6.45, 7) is -0.983. The maximum absolute atomic E-state index is 12.0. The van der Waals surface area contributed by atoms with Gasteiger partial charge in [-0.25, -0.2) is 18.7 Å². The van der Waals surface area contributed by atoms with E-state index < -0.39 is 54.6 Å². The lowest BCUT2D eigenvalue weighted by Gasteiger charge is -2.19. The van der Waals surface area contributed by atoms with E-state index in [4.69, 9.17) is 20.3 Å². The molecule has 38 heavy (non-hydrogen) atoms. The van der Waals surface area contributed by atoms with Gasteiger partial charge in [0.2, 0.25) is 5.95 Å². The summed E-state index contributed by atoms with van der Waals surface area (Å²) in [6.07, 6.45) is -5.02. The van der Waals surface area contributed by atoms with Gasteiger partial charge in [-0.1, -0.05) is 18.2 Å². The molecule has 1 aromatic carbocycles. The predicted octanol–water partition coefficient (Wildman–Crippen LogP) is 0.115. The monoisotopic (exact) mass is 598 g/mol. The van der Waals surface area contributed by atoms with Gasteiger partial charge in [0.1, 0.15) is 23.8 Å². The third-order valence-electron chi connectivity index (χ3n) is 4.91. The van der Waals surface area contributed by atoms with Crippen molar-refractivity contribution in [3.05, 3.63) is 36.7 Å². The Morgan fingerprint density at radius 1 is 1.00 bits per heavy atom. The molecule has 208 valence electrons. The average Bonchev–Trinajstić information content (AvgIpc) is 3.32. The first-order valence-electron chi connectivity index (χ1n) is 10.3. The normalized spacial score (nSPS) is 25.2. The molecule has 22 heteroatoms. The number of phosphoric ester groups is 1. The molecule has 0 aliphatic carbocycles. The Morgan fingerprint density at radius 3 is 2.34 bits per heavy atom. The average molecular weight is 598 g/mol. The molecule has 4 rings (SSSR count). The fourth-order valence-electron chi connectivity index (χ4n) is 3.40. The maximum Gasteiger partial charge on any atom is 0.490 e. The number of rotatable bonds is 10. The predicted molar refractivity (Wildman–Crippen MR) is 125 cm³/mol. The van der Waals surface area contributed by atoms with E-state index >= 15 is 0 Å². The summed E-state index contributed by atoms with van der Waals surface area (Å²) >= 11 is 0. The van der Waals surface area contributed by atoms with Crippen LogP contribution in [0.5, 0.6) is 0 Å². The maximum atomic E-state index is 12.0. The number of para-hydroxylation sites is 1. The van der Waals surface area contributed by atoms with E-state index in [1.165, 1.54) is 10.9 Å². The zero-order valence-electron chi connectivity index (χ0n) is 18.7. The summed E-state index contributed by atoms with van der Waals surface area (Å²) in [5.41, 5.74) is 6.87. The number of imidazole rings is 1. The van der Waals surface area contributed by atoms with Crippen LogP contribution >= 0.6 is 23.5 Å². The topological polar surface area (TPSA) is 291 Å². The number of nitrogens with one attached hydrogen (secondary N) is 1. The van der Waals surface area contributed by atoms with Crippen molar-refractivity contribution in [2.75, 3.05) is 17.7 Å². The molecule has 0 spiro atoms. The van der Waals surface area contributed by atoms with Gasteiger partial charge < -0.3 is 45.6 Å². The second kappa shape index (κ2) is 10.7. The van der Waals surface area contributed by atoms with Gasteiger partial charge in [0.05, 0.1) is 12.9 Å². The molecule has 1 saturated heterocycles. The second-order valence-corrected chi connectivity index (χ2v) is 12.1. The molecule has 3 heterocycles. The smallest absolute Gasteiger partial charge is 0.387 e. The molecule has 3 aromatic rings. The molecule has 1 aliphatic heterocycles. The minimum Gasteiger partial charge on any atom is -0.387 e. The number of aromatic nitrogens is 4. The van der Waals surface area contributed by atoms with Crippen LogP contribution in [0.4, 0.5) is 17.5 Å². The number of hydrogen-bond donors (Lipinski definition) is 8. The Bertz CT molecular complexity index is 1450. The molecular weight excluding hydrogens is 577 g/mol. The van der Waals surface area contributed by atoms with Gasteiger partial charge in [-0.3, -0.25) is 9.09 Å². The van der Waals surface area contributed by atoms with Gasteiger partial charge in [-0.15, -0.1) is 0 Å². The Balaban J connectivity index is 1.49. The van der Waals surface area contributed by atoms with Crippen LogP contribution in [-0.2, 0) is 31.6 Å². The summed E-state index contributed by atoms with van der Waals surface area (Å²) < 4.78 is 52.6. The number of hydrogen-bond acceptors (Lipinski definition) is 14. The zero-order chi connectivity index (χ0) is 27.9. The highest BCUT2D eigenvalue weighted by molar-refractivity contribution is 7.66. The van der Waals surface area contributed by atoms with E-state index in [9.17, 15) is 33.7 Å². The van der Waals surface area contributed by atoms with Gasteiger partial charge in [-0.2, -0.15) is 18.6 Å². The zero-order valence-corrected chi connectivity index (χ0v) is 21.4. The SMILES string of the molecule is Nc1nc(Nc2ccccc2)nc2c1ncn2[C@@H]1O[C@H](COP(=O)(O)OP(=O)(O)OP(=O)(O)O)[C@@H](O)[C@H]1O. The Morgan fingerprint density at radius 2 is 1.68 bits per heavy atom. The molecule has 2 aromatic heterocycles. The largest absolute Gasteiger partial charge is 0.490 e. The molecule has 1 aliphatic rings. The molecule has 0 saturated carbocycles. The van der Waals surface area contributed by atoms with E-state index in [1.807, 2.05) is 6.07 Å². The van der Waals surface area contributed by atoms with Crippen molar-refractivity contribution in [1.82, 2.24) is 19.5 Å². The summed E-state index contributed by atoms with van der Waals surface area (Å²) in [7, 11) is -16.8. The van der Waals surface area contributed by atoms with Crippen molar-refractivity contribution in [2.45, 2.75) is 24.5 Å². The summed E-state index contributed by atoms with van der Waals surface area (Å²) in [5.74, 6) is 0.0737. The standard InChI is InChI=1S/C16H21N6O13P3/c17-13-10-14(21-16(20-13)19-8-4-2-1-3-5-8)22(7-18-10)15-12(24)11(23)9(33-15)6-32-37(28,29)35-38(30,31)34-36(25,26)27/h1-5,7,9,11-12,15,23-24H,6H2,(H,28,29)(H,30,31)(H2,25,26,27)(H3,17,19,20,21)/t9-,11-,12-,15-/m1/s1. The molecule has 0 radical (unpaired) electrons. The van der Waals surface area contributed by atoms with E-state index in [1.54, 1.807) is 24.3 Å². The van der Waals surface area contributed by atoms with Gasteiger partial charge >= 0.3 is 23.5 Å². The highest BCUT2D eigenvalue weighted by Crippen LogP contribution is 2.66. The van der Waals surface area contributed by atoms with Crippen molar-refractivity contribution in [1.29, 1.82) is 0 Å². The third-order valence-corrected chi connectivity index (χ3v) is 8.71. The van der Waals surface area contributed by atoms with Gasteiger partial charge in [0.15, 0.2) is 17.7 Å². The Hall–Kier alpha value is -2.34. The van der Waals surface area contributed by atoms with Crippen LogP contribution in [0.3, 0.4) is 0 Å². The molecule has 19 nitrogen and oxygen atoms in total. The minimum atomic E-state index is -5.74. The van der Waals surface area contributed by atoms with Crippen molar-refractivity contribution in [3.63, 3.8) is 0 Å². The fourth-order valence-corrected chi connectivity index (χ4v) is 6.43. The lowest BCUT2D eigenvalue weighted by atomic mass is 10.1. The van der Waals surface area contributed by atoms with E-state index in [0.29, 0.717) is 5.69 Å². The van der Waals surface area contributed by atoms with Crippen molar-refractivity contribution in [3.8, 4) is 0 Å². The Labute approximate surface area is 212 Å². The number of benzene rings is 1. The van der Waals surface area contributed by atoms with Crippen LogP contribution in [-0.4, -0.2) is 74.2 Å². The van der Waals surface area contributed by atoms with Crippen LogP contribution in [0, 0.1) is 0 Å². The molecule has 9 N–H and O–H groups in total. The number of phosphoric acid groups is 3. The molecule has 6 atom stereocenters. The van der Waals surface area contributed by atoms with E-state index in [2.05, 4.69) is 33.4 Å². The van der Waals surface area contributed by atoms with Crippen molar-refractivity contribution < 1.29 is 61.4 Å². The fraction of sp³-hybridized carbons (Fsp3) is 0.312.